The highest BCUT2D eigenvalue weighted by atomic mass is 16.7. The molecule has 0 N–H and O–H groups in total. The van der Waals surface area contributed by atoms with Crippen molar-refractivity contribution in [1.82, 2.24) is 0 Å². The smallest absolute Gasteiger partial charge is 0.399 e. The molecule has 0 spiro atoms. The molecule has 3 heteroatoms. The van der Waals surface area contributed by atoms with Crippen molar-refractivity contribution in [2.24, 2.45) is 0 Å². The number of rotatable bonds is 2. The molecule has 1 saturated heterocycles. The van der Waals surface area contributed by atoms with Crippen molar-refractivity contribution < 1.29 is 9.31 Å². The van der Waals surface area contributed by atoms with Gasteiger partial charge in [-0.2, -0.15) is 0 Å². The molecule has 170 valence electrons. The van der Waals surface area contributed by atoms with Gasteiger partial charge in [0.15, 0.2) is 0 Å². The van der Waals surface area contributed by atoms with Gasteiger partial charge in [0.25, 0.3) is 0 Å². The number of hydrogen-bond donors (Lipinski definition) is 0. The molecule has 6 aromatic rings. The Morgan fingerprint density at radius 1 is 0.514 bits per heavy atom. The van der Waals surface area contributed by atoms with Gasteiger partial charge in [0, 0.05) is 0 Å². The van der Waals surface area contributed by atoms with E-state index >= 15 is 0 Å². The monoisotopic (exact) mass is 454 g/mol. The molecular weight excluding hydrogens is 427 g/mol. The van der Waals surface area contributed by atoms with Crippen LogP contribution in [0, 0.1) is 0 Å². The molecule has 0 amide bonds. The molecule has 1 aliphatic rings. The molecule has 0 radical (unpaired) electrons. The molecule has 0 aromatic heterocycles. The molecule has 0 atom stereocenters. The number of benzene rings is 6. The van der Waals surface area contributed by atoms with Crippen molar-refractivity contribution >= 4 is 55.7 Å². The lowest BCUT2D eigenvalue weighted by molar-refractivity contribution is 0.00578. The Kier molecular flexibility index (Phi) is 4.23. The zero-order valence-electron chi connectivity index (χ0n) is 20.6. The molecule has 1 fully saturated rings. The van der Waals surface area contributed by atoms with Gasteiger partial charge in [-0.15, -0.1) is 0 Å². The van der Waals surface area contributed by atoms with E-state index in [0.29, 0.717) is 0 Å². The van der Waals surface area contributed by atoms with E-state index in [9.17, 15) is 0 Å². The van der Waals surface area contributed by atoms with Crippen LogP contribution in [0.4, 0.5) is 0 Å². The summed E-state index contributed by atoms with van der Waals surface area (Å²) in [6, 6.07) is 33.2. The summed E-state index contributed by atoms with van der Waals surface area (Å²) in [7, 11) is -0.391. The van der Waals surface area contributed by atoms with Crippen molar-refractivity contribution in [2.75, 3.05) is 0 Å². The standard InChI is InChI=1S/C32H27BO2/c1-31(2)32(3,4)35-33(34-31)28-18-17-24(23-12-5-6-13-25(23)28)27-19-22-11-7-9-20-15-16-21-10-8-14-26(27)30(21)29(20)22/h5-19H,1-4H3. The SMILES string of the molecule is CC1(C)OB(c2ccc(-c3cc4cccc5ccc6cccc3c6c54)c3ccccc23)OC1(C)C. The average molecular weight is 454 g/mol. The molecule has 1 aliphatic heterocycles. The van der Waals surface area contributed by atoms with Crippen molar-refractivity contribution in [3.8, 4) is 11.1 Å². The Hall–Kier alpha value is -3.40. The van der Waals surface area contributed by atoms with Crippen LogP contribution in [0.1, 0.15) is 27.7 Å². The fourth-order valence-corrected chi connectivity index (χ4v) is 5.72. The van der Waals surface area contributed by atoms with Crippen LogP contribution in [0.15, 0.2) is 91.0 Å². The van der Waals surface area contributed by atoms with E-state index in [1.165, 1.54) is 54.2 Å². The Bertz CT molecular complexity index is 1750. The summed E-state index contributed by atoms with van der Waals surface area (Å²) in [5, 5.41) is 10.2. The lowest BCUT2D eigenvalue weighted by atomic mass is 9.74. The minimum atomic E-state index is -0.391. The van der Waals surface area contributed by atoms with E-state index in [2.05, 4.69) is 119 Å². The predicted molar refractivity (Wildman–Crippen MR) is 149 cm³/mol. The highest BCUT2D eigenvalue weighted by Crippen LogP contribution is 2.42. The Balaban J connectivity index is 1.51. The van der Waals surface area contributed by atoms with Gasteiger partial charge in [0.1, 0.15) is 0 Å². The van der Waals surface area contributed by atoms with Gasteiger partial charge in [-0.05, 0) is 93.4 Å². The summed E-state index contributed by atoms with van der Waals surface area (Å²) < 4.78 is 12.9. The number of hydrogen-bond acceptors (Lipinski definition) is 2. The van der Waals surface area contributed by atoms with Crippen LogP contribution in [0.2, 0.25) is 0 Å². The summed E-state index contributed by atoms with van der Waals surface area (Å²) >= 11 is 0. The third-order valence-corrected chi connectivity index (χ3v) is 8.26. The molecule has 6 aromatic carbocycles. The van der Waals surface area contributed by atoms with Crippen LogP contribution >= 0.6 is 0 Å². The van der Waals surface area contributed by atoms with Gasteiger partial charge in [0.05, 0.1) is 11.2 Å². The van der Waals surface area contributed by atoms with Crippen LogP contribution in [0.5, 0.6) is 0 Å². The second kappa shape index (κ2) is 7.07. The van der Waals surface area contributed by atoms with Gasteiger partial charge in [-0.25, -0.2) is 0 Å². The second-order valence-corrected chi connectivity index (χ2v) is 10.8. The molecule has 0 bridgehead atoms. The Labute approximate surface area is 205 Å². The molecule has 1 heterocycles. The quantitative estimate of drug-likeness (QED) is 0.197. The van der Waals surface area contributed by atoms with E-state index in [4.69, 9.17) is 9.31 Å². The van der Waals surface area contributed by atoms with Crippen LogP contribution in [0.25, 0.3) is 54.2 Å². The second-order valence-electron chi connectivity index (χ2n) is 10.8. The predicted octanol–water partition coefficient (Wildman–Crippen LogP) is 7.70. The third-order valence-electron chi connectivity index (χ3n) is 8.26. The van der Waals surface area contributed by atoms with Gasteiger partial charge >= 0.3 is 7.12 Å². The molecule has 2 nitrogen and oxygen atoms in total. The van der Waals surface area contributed by atoms with E-state index in [0.717, 1.165) is 5.46 Å². The fraction of sp³-hybridized carbons (Fsp3) is 0.188. The average Bonchev–Trinajstić information content (AvgIpc) is 3.08. The normalized spacial score (nSPS) is 17.3. The summed E-state index contributed by atoms with van der Waals surface area (Å²) in [5.41, 5.74) is 2.83. The highest BCUT2D eigenvalue weighted by molar-refractivity contribution is 6.65. The van der Waals surface area contributed by atoms with Crippen LogP contribution in [0.3, 0.4) is 0 Å². The van der Waals surface area contributed by atoms with Crippen molar-refractivity contribution in [3.63, 3.8) is 0 Å². The lowest BCUT2D eigenvalue weighted by Gasteiger charge is -2.32. The maximum Gasteiger partial charge on any atom is 0.495 e. The van der Waals surface area contributed by atoms with E-state index < -0.39 is 7.12 Å². The van der Waals surface area contributed by atoms with Crippen molar-refractivity contribution in [2.45, 2.75) is 38.9 Å². The number of fused-ring (bicyclic) bond motifs is 1. The third kappa shape index (κ3) is 2.92. The first kappa shape index (κ1) is 20.9. The van der Waals surface area contributed by atoms with E-state index in [1.807, 2.05) is 0 Å². The summed E-state index contributed by atoms with van der Waals surface area (Å²) in [6.45, 7) is 8.42. The van der Waals surface area contributed by atoms with Crippen molar-refractivity contribution in [1.29, 1.82) is 0 Å². The van der Waals surface area contributed by atoms with Crippen LogP contribution in [-0.4, -0.2) is 18.3 Å². The first-order valence-electron chi connectivity index (χ1n) is 12.4. The highest BCUT2D eigenvalue weighted by Gasteiger charge is 2.52. The molecule has 7 rings (SSSR count). The molecule has 0 saturated carbocycles. The Morgan fingerprint density at radius 2 is 1.11 bits per heavy atom. The zero-order chi connectivity index (χ0) is 23.9. The molecule has 0 aliphatic carbocycles. The maximum atomic E-state index is 6.44. The van der Waals surface area contributed by atoms with Crippen LogP contribution < -0.4 is 5.46 Å². The van der Waals surface area contributed by atoms with E-state index in [1.54, 1.807) is 0 Å². The van der Waals surface area contributed by atoms with Gasteiger partial charge in [0.2, 0.25) is 0 Å². The lowest BCUT2D eigenvalue weighted by Crippen LogP contribution is -2.41. The summed E-state index contributed by atoms with van der Waals surface area (Å²) in [5.74, 6) is 0. The first-order valence-corrected chi connectivity index (χ1v) is 12.4. The summed E-state index contributed by atoms with van der Waals surface area (Å²) in [4.78, 5) is 0. The van der Waals surface area contributed by atoms with E-state index in [-0.39, 0.29) is 11.2 Å². The maximum absolute atomic E-state index is 6.44. The largest absolute Gasteiger partial charge is 0.495 e. The Morgan fingerprint density at radius 3 is 1.86 bits per heavy atom. The fourth-order valence-electron chi connectivity index (χ4n) is 5.72. The van der Waals surface area contributed by atoms with Gasteiger partial charge in [-0.3, -0.25) is 0 Å². The minimum absolute atomic E-state index is 0.374. The van der Waals surface area contributed by atoms with Crippen molar-refractivity contribution in [3.05, 3.63) is 91.0 Å². The topological polar surface area (TPSA) is 18.5 Å². The molecule has 0 unspecified atom stereocenters. The zero-order valence-corrected chi connectivity index (χ0v) is 20.6. The molecular formula is C32H27BO2. The minimum Gasteiger partial charge on any atom is -0.399 e. The first-order chi connectivity index (χ1) is 16.8. The van der Waals surface area contributed by atoms with Crippen LogP contribution in [-0.2, 0) is 9.31 Å². The summed E-state index contributed by atoms with van der Waals surface area (Å²) in [6.07, 6.45) is 0. The van der Waals surface area contributed by atoms with Gasteiger partial charge in [-0.1, -0.05) is 84.9 Å². The molecule has 35 heavy (non-hydrogen) atoms. The van der Waals surface area contributed by atoms with Gasteiger partial charge < -0.3 is 9.31 Å².